The first-order chi connectivity index (χ1) is 2.94. The Morgan fingerprint density at radius 1 is 1.29 bits per heavy atom. The molecule has 0 aromatic rings. The van der Waals surface area contributed by atoms with E-state index in [1.54, 1.807) is 0 Å². The van der Waals surface area contributed by atoms with Crippen LogP contribution in [0.15, 0.2) is 0 Å². The molecule has 0 bridgehead atoms. The summed E-state index contributed by atoms with van der Waals surface area (Å²) in [6.07, 6.45) is 0. The summed E-state index contributed by atoms with van der Waals surface area (Å²) in [5.41, 5.74) is 0. The Bertz CT molecular complexity index is 130. The topological polar surface area (TPSA) is 94.8 Å². The van der Waals surface area contributed by atoms with Crippen molar-refractivity contribution in [1.29, 1.82) is 0 Å². The van der Waals surface area contributed by atoms with Gasteiger partial charge in [-0.3, -0.25) is 4.55 Å². The van der Waals surface area contributed by atoms with E-state index in [0.717, 1.165) is 0 Å². The molecule has 0 aromatic heterocycles. The summed E-state index contributed by atoms with van der Waals surface area (Å²) in [6, 6.07) is 0. The second kappa shape index (κ2) is 2.02. The third kappa shape index (κ3) is 2.90. The summed E-state index contributed by atoms with van der Waals surface area (Å²) in [7, 11) is -7.78. The van der Waals surface area contributed by atoms with E-state index in [1.165, 1.54) is 0 Å². The van der Waals surface area contributed by atoms with Crippen molar-refractivity contribution in [2.24, 2.45) is 0 Å². The van der Waals surface area contributed by atoms with Crippen molar-refractivity contribution in [3.8, 4) is 0 Å². The van der Waals surface area contributed by atoms with Gasteiger partial charge in [-0.05, 0) is 0 Å². The number of rotatable bonds is 1. The standard InChI is InChI=1S/H3O5PS/c1-6(2)7(3,4)5/h1-2H,(H,3,4,5). The second-order valence-electron chi connectivity index (χ2n) is 0.701. The Balaban J connectivity index is 4.10. The van der Waals surface area contributed by atoms with E-state index in [-0.39, 0.29) is 0 Å². The molecule has 44 valence electrons. The molecule has 0 aliphatic heterocycles. The van der Waals surface area contributed by atoms with Gasteiger partial charge in [0.2, 0.25) is 0 Å². The molecule has 0 aliphatic rings. The van der Waals surface area contributed by atoms with Crippen molar-refractivity contribution in [3.05, 3.63) is 0 Å². The number of hydrogen-bond donors (Lipinski definition) is 3. The molecule has 0 fully saturated rings. The highest BCUT2D eigenvalue weighted by Crippen LogP contribution is 2.29. The Hall–Kier alpha value is 0.260. The summed E-state index contributed by atoms with van der Waals surface area (Å²) in [5.74, 6) is 0. The molecular weight excluding hydrogens is 143 g/mol. The molecule has 0 atom stereocenters. The van der Waals surface area contributed by atoms with Gasteiger partial charge in [-0.1, -0.05) is 0 Å². The quantitative estimate of drug-likeness (QED) is 0.328. The van der Waals surface area contributed by atoms with Gasteiger partial charge in [0.15, 0.2) is 0 Å². The Morgan fingerprint density at radius 3 is 1.43 bits per heavy atom. The van der Waals surface area contributed by atoms with Gasteiger partial charge in [-0.25, -0.2) is 0 Å². The highest BCUT2D eigenvalue weighted by molar-refractivity contribution is 8.43. The van der Waals surface area contributed by atoms with Crippen molar-refractivity contribution >= 4 is 17.3 Å². The average molecular weight is 146 g/mol. The zero-order valence-corrected chi connectivity index (χ0v) is 4.72. The molecule has 0 unspecified atom stereocenters. The van der Waals surface area contributed by atoms with Crippen LogP contribution in [0.25, 0.3) is 0 Å². The van der Waals surface area contributed by atoms with E-state index < -0.39 is 17.3 Å². The minimum Gasteiger partial charge on any atom is -0.337 e. The highest BCUT2D eigenvalue weighted by atomic mass is 32.8. The molecular formula is H3O5PS. The van der Waals surface area contributed by atoms with Gasteiger partial charge in [0.25, 0.3) is 0 Å². The van der Waals surface area contributed by atoms with Crippen molar-refractivity contribution in [3.63, 3.8) is 0 Å². The fraction of sp³-hybridized carbons (Fsp3) is 0. The third-order valence-electron chi connectivity index (χ3n) is 0.206. The zero-order chi connectivity index (χ0) is 6.08. The Morgan fingerprint density at radius 2 is 1.43 bits per heavy atom. The first-order valence-corrected chi connectivity index (χ1v) is 4.39. The average Bonchev–Trinajstić information content (AvgIpc) is 1.31. The van der Waals surface area contributed by atoms with Crippen LogP contribution in [0.4, 0.5) is 0 Å². The lowest BCUT2D eigenvalue weighted by molar-refractivity contribution is 0.459. The van der Waals surface area contributed by atoms with Crippen LogP contribution in [0.3, 0.4) is 0 Å². The summed E-state index contributed by atoms with van der Waals surface area (Å²) >= 11 is 0. The smallest absolute Gasteiger partial charge is 0.335 e. The third-order valence-corrected chi connectivity index (χ3v) is 1.86. The monoisotopic (exact) mass is 146 g/mol. The van der Waals surface area contributed by atoms with Gasteiger partial charge in [0, 0.05) is 0 Å². The van der Waals surface area contributed by atoms with E-state index in [4.69, 9.17) is 14.3 Å². The molecule has 0 aromatic carbocycles. The molecule has 7 heavy (non-hydrogen) atoms. The molecule has 5 nitrogen and oxygen atoms in total. The predicted molar refractivity (Wildman–Crippen MR) is 22.9 cm³/mol. The molecule has 0 aliphatic carbocycles. The summed E-state index contributed by atoms with van der Waals surface area (Å²) in [4.78, 5) is 15.3. The lowest BCUT2D eigenvalue weighted by Crippen LogP contribution is -1.91. The first kappa shape index (κ1) is 7.26. The molecule has 0 heterocycles. The van der Waals surface area contributed by atoms with Crippen molar-refractivity contribution in [2.75, 3.05) is 0 Å². The van der Waals surface area contributed by atoms with Crippen LogP contribution in [-0.4, -0.2) is 22.8 Å². The van der Waals surface area contributed by atoms with Gasteiger partial charge in [-0.2, -0.15) is 8.42 Å². The lowest BCUT2D eigenvalue weighted by Gasteiger charge is -1.91. The Kier molecular flexibility index (Phi) is 2.09. The second-order valence-corrected chi connectivity index (χ2v) is 4.47. The minimum atomic E-state index is -4.56. The van der Waals surface area contributed by atoms with Gasteiger partial charge < -0.3 is 9.79 Å². The highest BCUT2D eigenvalue weighted by Gasteiger charge is 2.15. The largest absolute Gasteiger partial charge is 0.337 e. The van der Waals surface area contributed by atoms with E-state index in [2.05, 4.69) is 0 Å². The molecule has 3 N–H and O–H groups in total. The predicted octanol–water partition coefficient (Wildman–Crippen LogP) is -0.914. The van der Waals surface area contributed by atoms with E-state index >= 15 is 0 Å². The molecule has 0 saturated heterocycles. The maximum absolute atomic E-state index is 9.42. The summed E-state index contributed by atoms with van der Waals surface area (Å²) < 4.78 is 26.4. The van der Waals surface area contributed by atoms with Crippen molar-refractivity contribution in [2.45, 2.75) is 0 Å². The molecule has 0 amide bonds. The zero-order valence-electron chi connectivity index (χ0n) is 3.01. The van der Waals surface area contributed by atoms with Crippen LogP contribution in [0.2, 0.25) is 0 Å². The summed E-state index contributed by atoms with van der Waals surface area (Å²) in [5, 5.41) is 0. The van der Waals surface area contributed by atoms with Gasteiger partial charge in [0.05, 0.1) is 0 Å². The molecule has 0 radical (unpaired) electrons. The van der Waals surface area contributed by atoms with Crippen LogP contribution in [0.5, 0.6) is 0 Å². The van der Waals surface area contributed by atoms with Crippen LogP contribution in [0.1, 0.15) is 0 Å². The SMILES string of the molecule is O=S(=O)(O)P(O)O. The Labute approximate surface area is 41.0 Å². The van der Waals surface area contributed by atoms with Crippen LogP contribution < -0.4 is 0 Å². The maximum Gasteiger partial charge on any atom is 0.335 e. The fourth-order valence-corrected chi connectivity index (χ4v) is 0. The molecule has 7 heteroatoms. The minimum absolute atomic E-state index is 3.21. The van der Waals surface area contributed by atoms with Gasteiger partial charge in [0.1, 0.15) is 0 Å². The maximum atomic E-state index is 9.42. The first-order valence-electron chi connectivity index (χ1n) is 1.10. The van der Waals surface area contributed by atoms with E-state index in [1.807, 2.05) is 0 Å². The van der Waals surface area contributed by atoms with Gasteiger partial charge >= 0.3 is 17.3 Å². The van der Waals surface area contributed by atoms with Crippen LogP contribution >= 0.6 is 7.58 Å². The number of hydrogen-bond acceptors (Lipinski definition) is 4. The summed E-state index contributed by atoms with van der Waals surface area (Å²) in [6.45, 7) is 0. The normalized spacial score (nSPS) is 12.6. The molecule has 0 saturated carbocycles. The van der Waals surface area contributed by atoms with Crippen molar-refractivity contribution < 1.29 is 22.8 Å². The molecule has 0 spiro atoms. The van der Waals surface area contributed by atoms with Gasteiger partial charge in [-0.15, -0.1) is 0 Å². The fourth-order valence-electron chi connectivity index (χ4n) is 0. The van der Waals surface area contributed by atoms with E-state index in [0.29, 0.717) is 0 Å². The van der Waals surface area contributed by atoms with E-state index in [9.17, 15) is 8.42 Å². The van der Waals surface area contributed by atoms with Crippen LogP contribution in [0, 0.1) is 0 Å². The van der Waals surface area contributed by atoms with Crippen molar-refractivity contribution in [1.82, 2.24) is 0 Å². The molecule has 0 rings (SSSR count). The van der Waals surface area contributed by atoms with Crippen LogP contribution in [-0.2, 0) is 9.74 Å². The lowest BCUT2D eigenvalue weighted by atomic mass is 15.9.